The summed E-state index contributed by atoms with van der Waals surface area (Å²) in [5.41, 5.74) is 0.915. The highest BCUT2D eigenvalue weighted by Gasteiger charge is 2.29. The van der Waals surface area contributed by atoms with Gasteiger partial charge >= 0.3 is 0 Å². The minimum Gasteiger partial charge on any atom is -0.367 e. The number of hydrogen-bond donors (Lipinski definition) is 1. The average molecular weight is 518 g/mol. The highest BCUT2D eigenvalue weighted by molar-refractivity contribution is 14.0. The Bertz CT molecular complexity index is 728. The number of rotatable bonds is 4. The van der Waals surface area contributed by atoms with E-state index in [1.54, 1.807) is 19.2 Å². The normalized spacial score (nSPS) is 23.1. The molecule has 1 N–H and O–H groups in total. The number of ether oxygens (including phenoxy) is 1. The summed E-state index contributed by atoms with van der Waals surface area (Å²) in [6.45, 7) is 4.01. The number of piperidine rings is 1. The number of likely N-dealkylation sites (tertiary alicyclic amines) is 1. The maximum Gasteiger partial charge on any atom is 0.229 e. The predicted octanol–water partition coefficient (Wildman–Crippen LogP) is 2.32. The first kappa shape index (κ1) is 23.5. The van der Waals surface area contributed by atoms with Crippen LogP contribution in [0.2, 0.25) is 0 Å². The van der Waals surface area contributed by atoms with Gasteiger partial charge in [-0.15, -0.1) is 24.0 Å². The van der Waals surface area contributed by atoms with E-state index in [-0.39, 0.29) is 53.8 Å². The molecular formula is C20H28FIN4O3. The molecular weight excluding hydrogens is 490 g/mol. The first-order valence-corrected chi connectivity index (χ1v) is 9.67. The number of carbonyl (C=O) groups excluding carboxylic acids is 2. The number of nitrogens with one attached hydrogen (secondary N) is 1. The SMILES string of the molecule is CN=C(NCCN1C(=O)CCCC1=O)N1CC(C)OC(c2ccc(F)cc2)C1.I. The third-order valence-electron chi connectivity index (χ3n) is 5.02. The molecule has 2 atom stereocenters. The van der Waals surface area contributed by atoms with Gasteiger partial charge in [-0.25, -0.2) is 4.39 Å². The second-order valence-electron chi connectivity index (χ2n) is 7.16. The van der Waals surface area contributed by atoms with Crippen LogP contribution in [0.3, 0.4) is 0 Å². The second-order valence-corrected chi connectivity index (χ2v) is 7.16. The van der Waals surface area contributed by atoms with Crippen molar-refractivity contribution in [3.05, 3.63) is 35.6 Å². The van der Waals surface area contributed by atoms with E-state index in [9.17, 15) is 14.0 Å². The van der Waals surface area contributed by atoms with Gasteiger partial charge in [0.25, 0.3) is 0 Å². The Morgan fingerprint density at radius 1 is 1.21 bits per heavy atom. The van der Waals surface area contributed by atoms with Crippen molar-refractivity contribution in [3.63, 3.8) is 0 Å². The molecule has 0 aliphatic carbocycles. The highest BCUT2D eigenvalue weighted by Crippen LogP contribution is 2.25. The molecule has 0 saturated carbocycles. The third-order valence-corrected chi connectivity index (χ3v) is 5.02. The van der Waals surface area contributed by atoms with Crippen molar-refractivity contribution >= 4 is 41.8 Å². The lowest BCUT2D eigenvalue weighted by atomic mass is 10.1. The van der Waals surface area contributed by atoms with Crippen LogP contribution in [0.15, 0.2) is 29.3 Å². The summed E-state index contributed by atoms with van der Waals surface area (Å²) in [7, 11) is 1.70. The Labute approximate surface area is 187 Å². The largest absolute Gasteiger partial charge is 0.367 e. The first-order valence-electron chi connectivity index (χ1n) is 9.67. The fourth-order valence-electron chi connectivity index (χ4n) is 3.65. The molecule has 2 amide bonds. The molecule has 2 fully saturated rings. The van der Waals surface area contributed by atoms with Gasteiger partial charge in [0.15, 0.2) is 5.96 Å². The highest BCUT2D eigenvalue weighted by atomic mass is 127. The number of morpholine rings is 1. The van der Waals surface area contributed by atoms with Gasteiger partial charge in [0.05, 0.1) is 12.6 Å². The smallest absolute Gasteiger partial charge is 0.229 e. The van der Waals surface area contributed by atoms with Gasteiger partial charge in [-0.2, -0.15) is 0 Å². The van der Waals surface area contributed by atoms with Gasteiger partial charge in [0.2, 0.25) is 11.8 Å². The summed E-state index contributed by atoms with van der Waals surface area (Å²) in [5.74, 6) is 0.205. The van der Waals surface area contributed by atoms with Gasteiger partial charge in [0, 0.05) is 39.5 Å². The summed E-state index contributed by atoms with van der Waals surface area (Å²) in [5, 5.41) is 3.24. The lowest BCUT2D eigenvalue weighted by molar-refractivity contribution is -0.147. The van der Waals surface area contributed by atoms with Crippen LogP contribution in [0.25, 0.3) is 0 Å². The summed E-state index contributed by atoms with van der Waals surface area (Å²) >= 11 is 0. The first-order chi connectivity index (χ1) is 13.5. The fraction of sp³-hybridized carbons (Fsp3) is 0.550. The van der Waals surface area contributed by atoms with Crippen LogP contribution in [0, 0.1) is 5.82 Å². The van der Waals surface area contributed by atoms with E-state index in [1.165, 1.54) is 17.0 Å². The Morgan fingerprint density at radius 2 is 1.86 bits per heavy atom. The zero-order valence-corrected chi connectivity index (χ0v) is 19.1. The van der Waals surface area contributed by atoms with Crippen molar-refractivity contribution in [3.8, 4) is 0 Å². The zero-order valence-electron chi connectivity index (χ0n) is 16.8. The Balaban J connectivity index is 0.00000300. The van der Waals surface area contributed by atoms with E-state index in [4.69, 9.17) is 4.74 Å². The molecule has 29 heavy (non-hydrogen) atoms. The summed E-state index contributed by atoms with van der Waals surface area (Å²) < 4.78 is 19.2. The lowest BCUT2D eigenvalue weighted by Crippen LogP contribution is -2.52. The third kappa shape index (κ3) is 6.11. The maximum atomic E-state index is 13.2. The molecule has 1 aromatic carbocycles. The molecule has 7 nitrogen and oxygen atoms in total. The molecule has 0 radical (unpaired) electrons. The number of halogens is 2. The number of carbonyl (C=O) groups is 2. The van der Waals surface area contributed by atoms with Crippen LogP contribution in [0.5, 0.6) is 0 Å². The van der Waals surface area contributed by atoms with Crippen LogP contribution >= 0.6 is 24.0 Å². The molecule has 9 heteroatoms. The van der Waals surface area contributed by atoms with Gasteiger partial charge in [-0.1, -0.05) is 12.1 Å². The van der Waals surface area contributed by atoms with E-state index in [0.29, 0.717) is 51.4 Å². The number of aliphatic imine (C=N–C) groups is 1. The maximum absolute atomic E-state index is 13.2. The predicted molar refractivity (Wildman–Crippen MR) is 119 cm³/mol. The van der Waals surface area contributed by atoms with Crippen LogP contribution in [0.4, 0.5) is 4.39 Å². The molecule has 2 saturated heterocycles. The second kappa shape index (κ2) is 10.9. The van der Waals surface area contributed by atoms with E-state index in [1.807, 2.05) is 6.92 Å². The minimum atomic E-state index is -0.274. The Morgan fingerprint density at radius 3 is 2.48 bits per heavy atom. The standard InChI is InChI=1S/C20H27FN4O3.HI/c1-14-12-24(13-17(28-14)15-6-8-16(21)9-7-15)20(22-2)23-10-11-25-18(26)4-3-5-19(25)27;/h6-9,14,17H,3-5,10-13H2,1-2H3,(H,22,23);1H. The average Bonchev–Trinajstić information content (AvgIpc) is 2.67. The van der Waals surface area contributed by atoms with Gasteiger partial charge < -0.3 is 15.0 Å². The number of benzene rings is 1. The molecule has 0 spiro atoms. The van der Waals surface area contributed by atoms with Crippen molar-refractivity contribution in [2.45, 2.75) is 38.4 Å². The number of imide groups is 1. The molecule has 0 aromatic heterocycles. The molecule has 3 rings (SSSR count). The summed E-state index contributed by atoms with van der Waals surface area (Å²) in [6.07, 6.45) is 1.29. The van der Waals surface area contributed by atoms with Crippen molar-refractivity contribution in [1.82, 2.24) is 15.1 Å². The fourth-order valence-corrected chi connectivity index (χ4v) is 3.65. The van der Waals surface area contributed by atoms with Crippen LogP contribution in [-0.4, -0.2) is 66.9 Å². The molecule has 160 valence electrons. The molecule has 1 aromatic rings. The minimum absolute atomic E-state index is 0. The molecule has 0 bridgehead atoms. The molecule has 2 aliphatic heterocycles. The van der Waals surface area contributed by atoms with Gasteiger partial charge in [-0.05, 0) is 31.0 Å². The van der Waals surface area contributed by atoms with Crippen LogP contribution in [0.1, 0.15) is 37.9 Å². The van der Waals surface area contributed by atoms with Crippen molar-refractivity contribution in [1.29, 1.82) is 0 Å². The topological polar surface area (TPSA) is 74.2 Å². The lowest BCUT2D eigenvalue weighted by Gasteiger charge is -2.39. The van der Waals surface area contributed by atoms with Crippen molar-refractivity contribution in [2.24, 2.45) is 4.99 Å². The summed E-state index contributed by atoms with van der Waals surface area (Å²) in [6, 6.07) is 6.34. The van der Waals surface area contributed by atoms with Crippen LogP contribution < -0.4 is 5.32 Å². The van der Waals surface area contributed by atoms with Gasteiger partial charge in [-0.3, -0.25) is 19.5 Å². The van der Waals surface area contributed by atoms with E-state index < -0.39 is 0 Å². The van der Waals surface area contributed by atoms with E-state index >= 15 is 0 Å². The zero-order chi connectivity index (χ0) is 20.1. The number of nitrogens with zero attached hydrogens (tertiary/aromatic N) is 3. The van der Waals surface area contributed by atoms with Gasteiger partial charge in [0.1, 0.15) is 11.9 Å². The number of hydrogen-bond acceptors (Lipinski definition) is 4. The van der Waals surface area contributed by atoms with E-state index in [0.717, 1.165) is 5.56 Å². The molecule has 2 unspecified atom stereocenters. The Kier molecular flexibility index (Phi) is 8.81. The van der Waals surface area contributed by atoms with E-state index in [2.05, 4.69) is 15.2 Å². The quantitative estimate of drug-likeness (QED) is 0.287. The Hall–Kier alpha value is -1.75. The monoisotopic (exact) mass is 518 g/mol. The summed E-state index contributed by atoms with van der Waals surface area (Å²) in [4.78, 5) is 31.6. The van der Waals surface area contributed by atoms with Crippen molar-refractivity contribution in [2.75, 3.05) is 33.2 Å². The number of guanidine groups is 1. The van der Waals surface area contributed by atoms with Crippen molar-refractivity contribution < 1.29 is 18.7 Å². The molecule has 2 aliphatic rings. The van der Waals surface area contributed by atoms with Crippen LogP contribution in [-0.2, 0) is 14.3 Å². The molecule has 2 heterocycles. The number of amides is 2.